The molecular formula is C11H8FNO3. The lowest BCUT2D eigenvalue weighted by Crippen LogP contribution is -2.17. The number of fused-ring (bicyclic) bond motifs is 1. The molecular weight excluding hydrogens is 213 g/mol. The molecule has 82 valence electrons. The van der Waals surface area contributed by atoms with Crippen LogP contribution < -0.4 is 5.56 Å². The van der Waals surface area contributed by atoms with Crippen LogP contribution >= 0.6 is 0 Å². The highest BCUT2D eigenvalue weighted by Gasteiger charge is 2.18. The van der Waals surface area contributed by atoms with Crippen molar-refractivity contribution in [1.82, 2.24) is 4.98 Å². The summed E-state index contributed by atoms with van der Waals surface area (Å²) in [4.78, 5) is 24.5. The number of aryl methyl sites for hydroxylation is 1. The lowest BCUT2D eigenvalue weighted by molar-refractivity contribution is 0.0694. The van der Waals surface area contributed by atoms with E-state index >= 15 is 0 Å². The van der Waals surface area contributed by atoms with E-state index in [4.69, 9.17) is 5.11 Å². The number of carboxylic acids is 1. The Kier molecular flexibility index (Phi) is 2.23. The number of H-pyrrole nitrogens is 1. The molecule has 0 amide bonds. The van der Waals surface area contributed by atoms with E-state index in [1.807, 2.05) is 0 Å². The van der Waals surface area contributed by atoms with E-state index in [2.05, 4.69) is 4.98 Å². The van der Waals surface area contributed by atoms with Gasteiger partial charge in [0.1, 0.15) is 5.56 Å². The normalized spacial score (nSPS) is 10.6. The first kappa shape index (κ1) is 10.4. The molecule has 4 nitrogen and oxygen atoms in total. The zero-order valence-electron chi connectivity index (χ0n) is 8.37. The third kappa shape index (κ3) is 1.37. The second-order valence-electron chi connectivity index (χ2n) is 3.45. The number of aromatic nitrogens is 1. The minimum atomic E-state index is -1.45. The summed E-state index contributed by atoms with van der Waals surface area (Å²) >= 11 is 0. The van der Waals surface area contributed by atoms with Crippen molar-refractivity contribution in [3.05, 3.63) is 45.5 Å². The predicted octanol–water partition coefficient (Wildman–Crippen LogP) is 1.67. The Morgan fingerprint density at radius 3 is 2.75 bits per heavy atom. The van der Waals surface area contributed by atoms with Gasteiger partial charge in [-0.05, 0) is 12.5 Å². The number of nitrogens with one attached hydrogen (secondary N) is 1. The Bertz CT molecular complexity index is 645. The number of pyridine rings is 1. The van der Waals surface area contributed by atoms with Gasteiger partial charge in [-0.3, -0.25) is 4.79 Å². The number of carbonyl (C=O) groups is 1. The van der Waals surface area contributed by atoms with E-state index in [1.54, 1.807) is 19.1 Å². The maximum Gasteiger partial charge on any atom is 0.339 e. The van der Waals surface area contributed by atoms with E-state index in [-0.39, 0.29) is 5.39 Å². The van der Waals surface area contributed by atoms with Gasteiger partial charge in [0.05, 0.1) is 5.52 Å². The predicted molar refractivity (Wildman–Crippen MR) is 56.2 cm³/mol. The summed E-state index contributed by atoms with van der Waals surface area (Å²) in [6.45, 7) is 1.71. The number of aromatic carboxylic acids is 1. The van der Waals surface area contributed by atoms with Crippen LogP contribution in [0.1, 0.15) is 15.9 Å². The van der Waals surface area contributed by atoms with Crippen molar-refractivity contribution in [1.29, 1.82) is 0 Å². The molecule has 0 radical (unpaired) electrons. The highest BCUT2D eigenvalue weighted by Crippen LogP contribution is 2.20. The van der Waals surface area contributed by atoms with Gasteiger partial charge in [-0.15, -0.1) is 0 Å². The van der Waals surface area contributed by atoms with Gasteiger partial charge >= 0.3 is 5.97 Å². The molecule has 0 aliphatic rings. The molecule has 2 aromatic rings. The van der Waals surface area contributed by atoms with Gasteiger partial charge in [0.15, 0.2) is 0 Å². The molecule has 5 heteroatoms. The molecule has 1 heterocycles. The minimum Gasteiger partial charge on any atom is -0.478 e. The number of carboxylic acid groups (broad SMARTS) is 1. The quantitative estimate of drug-likeness (QED) is 0.769. The van der Waals surface area contributed by atoms with E-state index in [0.29, 0.717) is 11.1 Å². The number of benzene rings is 1. The van der Waals surface area contributed by atoms with Crippen molar-refractivity contribution < 1.29 is 14.3 Å². The molecule has 0 saturated heterocycles. The first-order valence-electron chi connectivity index (χ1n) is 4.56. The van der Waals surface area contributed by atoms with Gasteiger partial charge < -0.3 is 10.1 Å². The number of aromatic amines is 1. The second kappa shape index (κ2) is 3.44. The van der Waals surface area contributed by atoms with Crippen LogP contribution in [0.5, 0.6) is 0 Å². The Morgan fingerprint density at radius 1 is 1.44 bits per heavy atom. The maximum atomic E-state index is 13.4. The second-order valence-corrected chi connectivity index (χ2v) is 3.45. The zero-order valence-corrected chi connectivity index (χ0v) is 8.37. The molecule has 1 aromatic heterocycles. The van der Waals surface area contributed by atoms with Crippen molar-refractivity contribution in [3.8, 4) is 0 Å². The molecule has 0 fully saturated rings. The Morgan fingerprint density at radius 2 is 2.12 bits per heavy atom. The SMILES string of the molecule is Cc1cccc2c(C(=O)O)c(F)c(=O)[nH]c12. The fraction of sp³-hybridized carbons (Fsp3) is 0.0909. The molecule has 0 spiro atoms. The fourth-order valence-corrected chi connectivity index (χ4v) is 1.65. The highest BCUT2D eigenvalue weighted by atomic mass is 19.1. The molecule has 2 rings (SSSR count). The van der Waals surface area contributed by atoms with Crippen LogP contribution in [0.25, 0.3) is 10.9 Å². The van der Waals surface area contributed by atoms with Crippen LogP contribution in [0.4, 0.5) is 4.39 Å². The summed E-state index contributed by atoms with van der Waals surface area (Å²) in [5, 5.41) is 9.08. The van der Waals surface area contributed by atoms with Gasteiger partial charge in [0.2, 0.25) is 5.82 Å². The number of rotatable bonds is 1. The van der Waals surface area contributed by atoms with Gasteiger partial charge in [-0.1, -0.05) is 18.2 Å². The van der Waals surface area contributed by atoms with Crippen molar-refractivity contribution >= 4 is 16.9 Å². The van der Waals surface area contributed by atoms with Gasteiger partial charge in [0, 0.05) is 5.39 Å². The van der Waals surface area contributed by atoms with Crippen molar-refractivity contribution in [2.24, 2.45) is 0 Å². The lowest BCUT2D eigenvalue weighted by Gasteiger charge is -2.05. The third-order valence-electron chi connectivity index (χ3n) is 2.41. The molecule has 0 atom stereocenters. The first-order valence-corrected chi connectivity index (χ1v) is 4.56. The number of hydrogen-bond donors (Lipinski definition) is 2. The van der Waals surface area contributed by atoms with Crippen LogP contribution in [0.15, 0.2) is 23.0 Å². The smallest absolute Gasteiger partial charge is 0.339 e. The largest absolute Gasteiger partial charge is 0.478 e. The van der Waals surface area contributed by atoms with Crippen LogP contribution in [0.2, 0.25) is 0 Å². The standard InChI is InChI=1S/C11H8FNO3/c1-5-3-2-4-6-7(11(15)16)8(12)10(14)13-9(5)6/h2-4H,1H3,(H,13,14)(H,15,16). The molecule has 0 aliphatic heterocycles. The molecule has 0 unspecified atom stereocenters. The van der Waals surface area contributed by atoms with E-state index in [0.717, 1.165) is 0 Å². The first-order chi connectivity index (χ1) is 7.52. The van der Waals surface area contributed by atoms with E-state index in [1.165, 1.54) is 6.07 Å². The molecule has 0 bridgehead atoms. The Balaban J connectivity index is 3.07. The van der Waals surface area contributed by atoms with Crippen molar-refractivity contribution in [2.75, 3.05) is 0 Å². The molecule has 1 aromatic carbocycles. The Hall–Kier alpha value is -2.17. The van der Waals surface area contributed by atoms with E-state index < -0.39 is 22.9 Å². The average molecular weight is 221 g/mol. The topological polar surface area (TPSA) is 70.2 Å². The maximum absolute atomic E-state index is 13.4. The summed E-state index contributed by atoms with van der Waals surface area (Å²) in [6.07, 6.45) is 0. The third-order valence-corrected chi connectivity index (χ3v) is 2.41. The van der Waals surface area contributed by atoms with Crippen LogP contribution in [-0.4, -0.2) is 16.1 Å². The van der Waals surface area contributed by atoms with Crippen LogP contribution in [0.3, 0.4) is 0 Å². The number of hydrogen-bond acceptors (Lipinski definition) is 2. The van der Waals surface area contributed by atoms with Gasteiger partial charge in [-0.25, -0.2) is 4.79 Å². The van der Waals surface area contributed by atoms with Crippen LogP contribution in [0, 0.1) is 12.7 Å². The lowest BCUT2D eigenvalue weighted by atomic mass is 10.1. The average Bonchev–Trinajstić information content (AvgIpc) is 2.21. The monoisotopic (exact) mass is 221 g/mol. The van der Waals surface area contributed by atoms with Crippen molar-refractivity contribution in [2.45, 2.75) is 6.92 Å². The van der Waals surface area contributed by atoms with Gasteiger partial charge in [0.25, 0.3) is 5.56 Å². The fourth-order valence-electron chi connectivity index (χ4n) is 1.65. The Labute approximate surface area is 89.3 Å². The van der Waals surface area contributed by atoms with Crippen LogP contribution in [-0.2, 0) is 0 Å². The van der Waals surface area contributed by atoms with Gasteiger partial charge in [-0.2, -0.15) is 4.39 Å². The molecule has 0 aliphatic carbocycles. The number of para-hydroxylation sites is 1. The minimum absolute atomic E-state index is 0.199. The number of halogens is 1. The molecule has 16 heavy (non-hydrogen) atoms. The molecule has 0 saturated carbocycles. The summed E-state index contributed by atoms with van der Waals surface area (Å²) in [5.41, 5.74) is -0.551. The zero-order chi connectivity index (χ0) is 11.9. The summed E-state index contributed by atoms with van der Waals surface area (Å²) in [5.74, 6) is -2.70. The summed E-state index contributed by atoms with van der Waals surface area (Å²) < 4.78 is 13.4. The summed E-state index contributed by atoms with van der Waals surface area (Å²) in [6, 6.07) is 4.79. The van der Waals surface area contributed by atoms with E-state index in [9.17, 15) is 14.0 Å². The summed E-state index contributed by atoms with van der Waals surface area (Å²) in [7, 11) is 0. The van der Waals surface area contributed by atoms with Crippen molar-refractivity contribution in [3.63, 3.8) is 0 Å². The molecule has 2 N–H and O–H groups in total. The highest BCUT2D eigenvalue weighted by molar-refractivity contribution is 6.03.